The molecule has 2 aromatic rings. The summed E-state index contributed by atoms with van der Waals surface area (Å²) in [6.45, 7) is 3.82. The Bertz CT molecular complexity index is 812. The molecule has 25 heavy (non-hydrogen) atoms. The van der Waals surface area contributed by atoms with E-state index in [1.165, 1.54) is 22.7 Å². The normalized spacial score (nSPS) is 16.3. The third-order valence-corrected chi connectivity index (χ3v) is 8.22. The van der Waals surface area contributed by atoms with Crippen molar-refractivity contribution in [2.75, 3.05) is 39.3 Å². The van der Waals surface area contributed by atoms with E-state index in [2.05, 4.69) is 25.6 Å². The van der Waals surface area contributed by atoms with Gasteiger partial charge in [0.1, 0.15) is 4.21 Å². The molecule has 10 heteroatoms. The first kappa shape index (κ1) is 19.0. The minimum absolute atomic E-state index is 0.0740. The predicted octanol–water partition coefficient (Wildman–Crippen LogP) is 2.31. The van der Waals surface area contributed by atoms with Gasteiger partial charge in [-0.15, -0.1) is 11.3 Å². The molecule has 1 saturated heterocycles. The van der Waals surface area contributed by atoms with E-state index in [9.17, 15) is 13.2 Å². The minimum atomic E-state index is -3.45. The van der Waals surface area contributed by atoms with Crippen LogP contribution in [0.2, 0.25) is 0 Å². The molecule has 136 valence electrons. The molecule has 0 aliphatic carbocycles. The smallest absolute Gasteiger partial charge is 0.254 e. The number of thiophene rings is 2. The first-order valence-electron chi connectivity index (χ1n) is 7.74. The number of rotatable bonds is 6. The van der Waals surface area contributed by atoms with E-state index >= 15 is 0 Å². The third-order valence-electron chi connectivity index (χ3n) is 3.96. The molecule has 2 aromatic heterocycles. The molecule has 0 aromatic carbocycles. The molecule has 0 unspecified atom stereocenters. The number of hydrogen-bond donors (Lipinski definition) is 1. The summed E-state index contributed by atoms with van der Waals surface area (Å²) in [5.41, 5.74) is 0.744. The first-order chi connectivity index (χ1) is 12.0. The van der Waals surface area contributed by atoms with Gasteiger partial charge in [-0.1, -0.05) is 0 Å². The van der Waals surface area contributed by atoms with Gasteiger partial charge in [0, 0.05) is 44.6 Å². The molecular formula is C15H18BrN3O3S3. The van der Waals surface area contributed by atoms with Gasteiger partial charge in [-0.25, -0.2) is 13.1 Å². The Kier molecular flexibility index (Phi) is 6.29. The zero-order valence-corrected chi connectivity index (χ0v) is 17.4. The highest BCUT2D eigenvalue weighted by Gasteiger charge is 2.23. The van der Waals surface area contributed by atoms with Crippen LogP contribution in [0.4, 0.5) is 0 Å². The van der Waals surface area contributed by atoms with Gasteiger partial charge in [0.15, 0.2) is 0 Å². The molecule has 0 bridgehead atoms. The van der Waals surface area contributed by atoms with Gasteiger partial charge in [-0.2, -0.15) is 11.3 Å². The van der Waals surface area contributed by atoms with E-state index in [0.29, 0.717) is 30.4 Å². The molecule has 1 N–H and O–H groups in total. The fourth-order valence-electron chi connectivity index (χ4n) is 2.59. The summed E-state index contributed by atoms with van der Waals surface area (Å²) >= 11 is 5.99. The monoisotopic (exact) mass is 463 g/mol. The van der Waals surface area contributed by atoms with Gasteiger partial charge in [-0.05, 0) is 39.5 Å². The maximum absolute atomic E-state index is 12.3. The largest absolute Gasteiger partial charge is 0.336 e. The van der Waals surface area contributed by atoms with Crippen LogP contribution in [-0.4, -0.2) is 63.4 Å². The lowest BCUT2D eigenvalue weighted by Gasteiger charge is -2.34. The van der Waals surface area contributed by atoms with E-state index in [4.69, 9.17) is 0 Å². The second kappa shape index (κ2) is 8.28. The van der Waals surface area contributed by atoms with Gasteiger partial charge < -0.3 is 4.90 Å². The van der Waals surface area contributed by atoms with Crippen molar-refractivity contribution in [3.8, 4) is 0 Å². The van der Waals surface area contributed by atoms with E-state index in [1.807, 2.05) is 21.7 Å². The number of amides is 1. The highest BCUT2D eigenvalue weighted by atomic mass is 79.9. The lowest BCUT2D eigenvalue weighted by molar-refractivity contribution is 0.0640. The van der Waals surface area contributed by atoms with Gasteiger partial charge in [-0.3, -0.25) is 9.69 Å². The molecule has 6 nitrogen and oxygen atoms in total. The van der Waals surface area contributed by atoms with E-state index in [0.717, 1.165) is 22.4 Å². The van der Waals surface area contributed by atoms with E-state index < -0.39 is 10.0 Å². The summed E-state index contributed by atoms with van der Waals surface area (Å²) in [4.78, 5) is 16.3. The molecule has 1 aliphatic heterocycles. The number of nitrogens with zero attached hydrogens (tertiary/aromatic N) is 2. The van der Waals surface area contributed by atoms with Crippen LogP contribution in [0.1, 0.15) is 10.4 Å². The molecule has 0 spiro atoms. The van der Waals surface area contributed by atoms with E-state index in [1.54, 1.807) is 12.1 Å². The fourth-order valence-corrected chi connectivity index (χ4v) is 6.30. The maximum Gasteiger partial charge on any atom is 0.254 e. The fraction of sp³-hybridized carbons (Fsp3) is 0.400. The van der Waals surface area contributed by atoms with Crippen LogP contribution >= 0.6 is 38.6 Å². The minimum Gasteiger partial charge on any atom is -0.336 e. The Hall–Kier alpha value is -0.780. The third kappa shape index (κ3) is 4.89. The Morgan fingerprint density at radius 1 is 1.20 bits per heavy atom. The molecule has 1 aliphatic rings. The zero-order chi connectivity index (χ0) is 17.9. The summed E-state index contributed by atoms with van der Waals surface area (Å²) < 4.78 is 28.1. The Balaban J connectivity index is 1.43. The van der Waals surface area contributed by atoms with Crippen LogP contribution in [0.15, 0.2) is 37.0 Å². The average Bonchev–Trinajstić information content (AvgIpc) is 3.26. The SMILES string of the molecule is O=C(c1ccsc1)N1CCN(CCNS(=O)(=O)c2ccc(Br)s2)CC1. The van der Waals surface area contributed by atoms with Crippen molar-refractivity contribution in [3.63, 3.8) is 0 Å². The Morgan fingerprint density at radius 3 is 2.56 bits per heavy atom. The molecular weight excluding hydrogens is 446 g/mol. The van der Waals surface area contributed by atoms with Gasteiger partial charge in [0.05, 0.1) is 9.35 Å². The number of nitrogens with one attached hydrogen (secondary N) is 1. The Labute approximate surface area is 163 Å². The molecule has 3 rings (SSSR count). The number of halogens is 1. The Morgan fingerprint density at radius 2 is 1.96 bits per heavy atom. The average molecular weight is 464 g/mol. The first-order valence-corrected chi connectivity index (χ1v) is 11.8. The lowest BCUT2D eigenvalue weighted by Crippen LogP contribution is -2.50. The van der Waals surface area contributed by atoms with Crippen molar-refractivity contribution in [1.29, 1.82) is 0 Å². The van der Waals surface area contributed by atoms with E-state index in [-0.39, 0.29) is 5.91 Å². The van der Waals surface area contributed by atoms with Crippen molar-refractivity contribution < 1.29 is 13.2 Å². The second-order valence-electron chi connectivity index (χ2n) is 5.60. The van der Waals surface area contributed by atoms with Crippen LogP contribution in [0.25, 0.3) is 0 Å². The number of carbonyl (C=O) groups excluding carboxylic acids is 1. The molecule has 1 amide bonds. The molecule has 1 fully saturated rings. The topological polar surface area (TPSA) is 69.7 Å². The summed E-state index contributed by atoms with van der Waals surface area (Å²) in [7, 11) is -3.45. The molecule has 0 saturated carbocycles. The summed E-state index contributed by atoms with van der Waals surface area (Å²) in [5, 5.41) is 3.77. The summed E-state index contributed by atoms with van der Waals surface area (Å²) in [5.74, 6) is 0.0740. The van der Waals surface area contributed by atoms with Crippen LogP contribution in [0.3, 0.4) is 0 Å². The maximum atomic E-state index is 12.3. The number of piperazine rings is 1. The van der Waals surface area contributed by atoms with Gasteiger partial charge >= 0.3 is 0 Å². The molecule has 0 radical (unpaired) electrons. The van der Waals surface area contributed by atoms with Crippen LogP contribution in [0.5, 0.6) is 0 Å². The van der Waals surface area contributed by atoms with Crippen molar-refractivity contribution in [2.45, 2.75) is 4.21 Å². The number of sulfonamides is 1. The van der Waals surface area contributed by atoms with Crippen molar-refractivity contribution in [1.82, 2.24) is 14.5 Å². The lowest BCUT2D eigenvalue weighted by atomic mass is 10.2. The van der Waals surface area contributed by atoms with Crippen LogP contribution in [0, 0.1) is 0 Å². The van der Waals surface area contributed by atoms with Crippen molar-refractivity contribution in [3.05, 3.63) is 38.3 Å². The summed E-state index contributed by atoms with van der Waals surface area (Å²) in [6.07, 6.45) is 0. The van der Waals surface area contributed by atoms with Gasteiger partial charge in [0.2, 0.25) is 10.0 Å². The van der Waals surface area contributed by atoms with Crippen LogP contribution in [-0.2, 0) is 10.0 Å². The number of hydrogen-bond acceptors (Lipinski definition) is 6. The molecule has 3 heterocycles. The second-order valence-corrected chi connectivity index (χ2v) is 10.8. The summed E-state index contributed by atoms with van der Waals surface area (Å²) in [6, 6.07) is 5.16. The zero-order valence-electron chi connectivity index (χ0n) is 13.4. The highest BCUT2D eigenvalue weighted by molar-refractivity contribution is 9.11. The quantitative estimate of drug-likeness (QED) is 0.713. The van der Waals surface area contributed by atoms with Gasteiger partial charge in [0.25, 0.3) is 5.91 Å². The van der Waals surface area contributed by atoms with Crippen molar-refractivity contribution in [2.24, 2.45) is 0 Å². The molecule has 0 atom stereocenters. The van der Waals surface area contributed by atoms with Crippen LogP contribution < -0.4 is 4.72 Å². The predicted molar refractivity (Wildman–Crippen MR) is 104 cm³/mol. The van der Waals surface area contributed by atoms with Crippen molar-refractivity contribution >= 4 is 54.5 Å². The standard InChI is InChI=1S/C15H18BrN3O3S3/c16-13-1-2-14(24-13)25(21,22)17-4-5-18-6-8-19(9-7-18)15(20)12-3-10-23-11-12/h1-3,10-11,17H,4-9H2. The number of carbonyl (C=O) groups is 1. The highest BCUT2D eigenvalue weighted by Crippen LogP contribution is 2.25.